The van der Waals surface area contributed by atoms with E-state index in [2.05, 4.69) is 99.3 Å². The number of hydrogen-bond donors (Lipinski definition) is 1. The van der Waals surface area contributed by atoms with Crippen LogP contribution in [0.2, 0.25) is 0 Å². The van der Waals surface area contributed by atoms with E-state index in [0.29, 0.717) is 17.9 Å². The summed E-state index contributed by atoms with van der Waals surface area (Å²) < 4.78 is 2.47. The first-order chi connectivity index (χ1) is 10.6. The van der Waals surface area contributed by atoms with Gasteiger partial charge >= 0.3 is 0 Å². The maximum Gasteiger partial charge on any atom is 0.0554 e. The lowest BCUT2D eigenvalue weighted by Gasteiger charge is -2.38. The fourth-order valence-corrected chi connectivity index (χ4v) is 4.91. The summed E-state index contributed by atoms with van der Waals surface area (Å²) >= 11 is 5.97. The fourth-order valence-electron chi connectivity index (χ4n) is 3.84. The predicted molar refractivity (Wildman–Crippen MR) is 104 cm³/mol. The van der Waals surface area contributed by atoms with Crippen LogP contribution in [0.25, 0.3) is 0 Å². The molecule has 1 nitrogen and oxygen atoms in total. The number of rotatable bonds is 1. The zero-order chi connectivity index (χ0) is 15.3. The standard InChI is InChI=1S/C19H17BrIN/c1-11-9-14(21)10-17-15-3-2-4-16(15)19(22-18(11)17)12-5-7-13(20)8-6-12/h2-3,5-10,15-16,19,22H,4H2,1H3/t15-,16-,19-/m1/s1. The molecule has 0 amide bonds. The molecule has 3 heteroatoms. The van der Waals surface area contributed by atoms with Crippen LogP contribution in [0.3, 0.4) is 0 Å². The number of benzene rings is 2. The Bertz CT molecular complexity index is 751. The monoisotopic (exact) mass is 465 g/mol. The topological polar surface area (TPSA) is 12.0 Å². The average molecular weight is 466 g/mol. The number of allylic oxidation sites excluding steroid dienone is 2. The molecule has 112 valence electrons. The van der Waals surface area contributed by atoms with Gasteiger partial charge in [0.25, 0.3) is 0 Å². The maximum absolute atomic E-state index is 3.84. The van der Waals surface area contributed by atoms with Crippen molar-refractivity contribution in [2.45, 2.75) is 25.3 Å². The third kappa shape index (κ3) is 2.42. The fraction of sp³-hybridized carbons (Fsp3) is 0.263. The molecule has 0 spiro atoms. The molecule has 1 aliphatic carbocycles. The lowest BCUT2D eigenvalue weighted by molar-refractivity contribution is 0.425. The largest absolute Gasteiger partial charge is 0.377 e. The van der Waals surface area contributed by atoms with Gasteiger partial charge in [0.2, 0.25) is 0 Å². The summed E-state index contributed by atoms with van der Waals surface area (Å²) in [7, 11) is 0. The minimum atomic E-state index is 0.388. The normalized spacial score (nSPS) is 25.5. The Morgan fingerprint density at radius 3 is 2.73 bits per heavy atom. The molecule has 0 saturated heterocycles. The van der Waals surface area contributed by atoms with Crippen molar-refractivity contribution in [2.75, 3.05) is 5.32 Å². The van der Waals surface area contributed by atoms with Crippen molar-refractivity contribution < 1.29 is 0 Å². The third-order valence-corrected chi connectivity index (χ3v) is 6.01. The highest BCUT2D eigenvalue weighted by atomic mass is 127. The average Bonchev–Trinajstić information content (AvgIpc) is 2.97. The van der Waals surface area contributed by atoms with Crippen LogP contribution in [-0.2, 0) is 0 Å². The summed E-state index contributed by atoms with van der Waals surface area (Å²) in [4.78, 5) is 0. The van der Waals surface area contributed by atoms with Crippen LogP contribution in [0, 0.1) is 16.4 Å². The van der Waals surface area contributed by atoms with Crippen LogP contribution >= 0.6 is 38.5 Å². The van der Waals surface area contributed by atoms with Crippen LogP contribution in [0.4, 0.5) is 5.69 Å². The molecular weight excluding hydrogens is 449 g/mol. The first kappa shape index (κ1) is 14.8. The van der Waals surface area contributed by atoms with Gasteiger partial charge in [-0.2, -0.15) is 0 Å². The van der Waals surface area contributed by atoms with E-state index in [0.717, 1.165) is 10.9 Å². The molecule has 0 saturated carbocycles. The van der Waals surface area contributed by atoms with Crippen molar-refractivity contribution in [3.8, 4) is 0 Å². The molecule has 1 heterocycles. The van der Waals surface area contributed by atoms with Crippen LogP contribution in [0.1, 0.15) is 35.1 Å². The number of nitrogens with one attached hydrogen (secondary N) is 1. The molecular formula is C19H17BrIN. The van der Waals surface area contributed by atoms with Crippen LogP contribution in [-0.4, -0.2) is 0 Å². The quantitative estimate of drug-likeness (QED) is 0.391. The minimum Gasteiger partial charge on any atom is -0.377 e. The smallest absolute Gasteiger partial charge is 0.0554 e. The molecule has 0 radical (unpaired) electrons. The highest BCUT2D eigenvalue weighted by molar-refractivity contribution is 14.1. The van der Waals surface area contributed by atoms with Gasteiger partial charge in [0.15, 0.2) is 0 Å². The summed E-state index contributed by atoms with van der Waals surface area (Å²) in [6, 6.07) is 13.8. The first-order valence-electron chi connectivity index (χ1n) is 7.62. The van der Waals surface area contributed by atoms with E-state index in [-0.39, 0.29) is 0 Å². The van der Waals surface area contributed by atoms with Crippen molar-refractivity contribution in [3.05, 3.63) is 73.3 Å². The molecule has 2 aromatic carbocycles. The second kappa shape index (κ2) is 5.68. The van der Waals surface area contributed by atoms with E-state index in [1.165, 1.54) is 25.9 Å². The van der Waals surface area contributed by atoms with Crippen molar-refractivity contribution in [1.29, 1.82) is 0 Å². The van der Waals surface area contributed by atoms with E-state index in [4.69, 9.17) is 0 Å². The molecule has 0 aromatic heterocycles. The van der Waals surface area contributed by atoms with Crippen molar-refractivity contribution in [1.82, 2.24) is 0 Å². The van der Waals surface area contributed by atoms with Crippen molar-refractivity contribution in [3.63, 3.8) is 0 Å². The van der Waals surface area contributed by atoms with Crippen LogP contribution in [0.15, 0.2) is 53.0 Å². The SMILES string of the molecule is Cc1cc(I)cc2c1N[C@H](c1ccc(Br)cc1)[C@@H]1CC=C[C@@H]21. The van der Waals surface area contributed by atoms with Crippen LogP contribution in [0.5, 0.6) is 0 Å². The van der Waals surface area contributed by atoms with E-state index in [1.807, 2.05) is 0 Å². The Morgan fingerprint density at radius 2 is 1.95 bits per heavy atom. The second-order valence-electron chi connectivity index (χ2n) is 6.21. The lowest BCUT2D eigenvalue weighted by Crippen LogP contribution is -2.29. The summed E-state index contributed by atoms with van der Waals surface area (Å²) in [5.41, 5.74) is 5.53. The Labute approximate surface area is 153 Å². The van der Waals surface area contributed by atoms with E-state index in [9.17, 15) is 0 Å². The lowest BCUT2D eigenvalue weighted by atomic mass is 9.76. The molecule has 4 rings (SSSR count). The van der Waals surface area contributed by atoms with E-state index >= 15 is 0 Å². The minimum absolute atomic E-state index is 0.388. The number of fused-ring (bicyclic) bond motifs is 3. The second-order valence-corrected chi connectivity index (χ2v) is 8.38. The van der Waals surface area contributed by atoms with E-state index in [1.54, 1.807) is 0 Å². The molecule has 0 unspecified atom stereocenters. The summed E-state index contributed by atoms with van der Waals surface area (Å²) in [5, 5.41) is 3.84. The zero-order valence-corrected chi connectivity index (χ0v) is 16.1. The molecule has 1 aliphatic heterocycles. The molecule has 0 bridgehead atoms. The Balaban J connectivity index is 1.82. The van der Waals surface area contributed by atoms with Crippen LogP contribution < -0.4 is 5.32 Å². The highest BCUT2D eigenvalue weighted by Gasteiger charge is 2.38. The third-order valence-electron chi connectivity index (χ3n) is 4.86. The summed E-state index contributed by atoms with van der Waals surface area (Å²) in [6.45, 7) is 2.21. The van der Waals surface area contributed by atoms with Crippen molar-refractivity contribution >= 4 is 44.2 Å². The molecule has 2 aromatic rings. The van der Waals surface area contributed by atoms with Gasteiger partial charge in [-0.15, -0.1) is 0 Å². The number of halogens is 2. The Morgan fingerprint density at radius 1 is 1.18 bits per heavy atom. The summed E-state index contributed by atoms with van der Waals surface area (Å²) in [5.74, 6) is 1.16. The zero-order valence-electron chi connectivity index (χ0n) is 12.3. The number of hydrogen-bond acceptors (Lipinski definition) is 1. The van der Waals surface area contributed by atoms with Gasteiger partial charge in [0.05, 0.1) is 6.04 Å². The van der Waals surface area contributed by atoms with Gasteiger partial charge in [-0.25, -0.2) is 0 Å². The Hall–Kier alpha value is -0.810. The maximum atomic E-state index is 3.84. The van der Waals surface area contributed by atoms with Crippen molar-refractivity contribution in [2.24, 2.45) is 5.92 Å². The molecule has 3 atom stereocenters. The number of anilines is 1. The Kier molecular flexibility index (Phi) is 3.81. The molecule has 22 heavy (non-hydrogen) atoms. The van der Waals surface area contributed by atoms with Gasteiger partial charge in [-0.05, 0) is 82.8 Å². The molecule has 1 N–H and O–H groups in total. The predicted octanol–water partition coefficient (Wildman–Crippen LogP) is 6.19. The molecule has 0 fully saturated rings. The highest BCUT2D eigenvalue weighted by Crippen LogP contribution is 2.50. The summed E-state index contributed by atoms with van der Waals surface area (Å²) in [6.07, 6.45) is 5.92. The van der Waals surface area contributed by atoms with Gasteiger partial charge in [0.1, 0.15) is 0 Å². The first-order valence-corrected chi connectivity index (χ1v) is 9.49. The van der Waals surface area contributed by atoms with E-state index < -0.39 is 0 Å². The van der Waals surface area contributed by atoms with Gasteiger partial charge in [0, 0.05) is 19.6 Å². The molecule has 2 aliphatic rings. The number of aryl methyl sites for hydroxylation is 1. The van der Waals surface area contributed by atoms with Gasteiger partial charge < -0.3 is 5.32 Å². The van der Waals surface area contributed by atoms with Gasteiger partial charge in [-0.3, -0.25) is 0 Å². The van der Waals surface area contributed by atoms with Gasteiger partial charge in [-0.1, -0.05) is 40.2 Å².